The van der Waals surface area contributed by atoms with E-state index in [1.54, 1.807) is 11.3 Å². The van der Waals surface area contributed by atoms with Gasteiger partial charge in [0.25, 0.3) is 0 Å². The van der Waals surface area contributed by atoms with E-state index in [4.69, 9.17) is 0 Å². The number of rotatable bonds is 8. The molecule has 0 saturated heterocycles. The molecule has 0 bridgehead atoms. The molecule has 17 heavy (non-hydrogen) atoms. The van der Waals surface area contributed by atoms with Gasteiger partial charge in [0.2, 0.25) is 0 Å². The lowest BCUT2D eigenvalue weighted by atomic mass is 9.87. The van der Waals surface area contributed by atoms with Crippen LogP contribution in [0, 0.1) is 12.3 Å². The molecule has 0 saturated carbocycles. The summed E-state index contributed by atoms with van der Waals surface area (Å²) in [5.74, 6) is 0. The Bertz CT molecular complexity index is 318. The van der Waals surface area contributed by atoms with Crippen LogP contribution in [0.5, 0.6) is 0 Å². The lowest BCUT2D eigenvalue weighted by Crippen LogP contribution is -2.28. The first-order valence-electron chi connectivity index (χ1n) is 6.65. The lowest BCUT2D eigenvalue weighted by Gasteiger charge is -2.24. The molecule has 1 aromatic rings. The number of hydrogen-bond donors (Lipinski definition) is 1. The van der Waals surface area contributed by atoms with E-state index in [0.717, 1.165) is 18.1 Å². The molecule has 0 unspecified atom stereocenters. The maximum absolute atomic E-state index is 4.27. The summed E-state index contributed by atoms with van der Waals surface area (Å²) in [7, 11) is 0. The number of thiazole rings is 1. The zero-order chi connectivity index (χ0) is 12.7. The summed E-state index contributed by atoms with van der Waals surface area (Å²) >= 11 is 1.79. The Kier molecular flexibility index (Phi) is 6.14. The van der Waals surface area contributed by atoms with E-state index in [0.29, 0.717) is 5.41 Å². The summed E-state index contributed by atoms with van der Waals surface area (Å²) < 4.78 is 0. The third kappa shape index (κ3) is 6.18. The Morgan fingerprint density at radius 2 is 2.12 bits per heavy atom. The molecule has 0 spiro atoms. The maximum atomic E-state index is 4.27. The Labute approximate surface area is 110 Å². The standard InChI is InChI=1S/C14H26N2S/c1-5-6-7-8-14(3,4)11-15-9-13-10-16-12(2)17-13/h10,15H,5-9,11H2,1-4H3. The fraction of sp³-hybridized carbons (Fsp3) is 0.786. The zero-order valence-corrected chi connectivity index (χ0v) is 12.5. The molecule has 0 atom stereocenters. The molecule has 0 amide bonds. The molecule has 0 radical (unpaired) electrons. The highest BCUT2D eigenvalue weighted by Crippen LogP contribution is 2.23. The molecule has 1 N–H and O–H groups in total. The van der Waals surface area contributed by atoms with Crippen molar-refractivity contribution >= 4 is 11.3 Å². The van der Waals surface area contributed by atoms with E-state index in [1.807, 2.05) is 6.20 Å². The van der Waals surface area contributed by atoms with Crippen LogP contribution >= 0.6 is 11.3 Å². The predicted molar refractivity (Wildman–Crippen MR) is 76.5 cm³/mol. The van der Waals surface area contributed by atoms with Crippen LogP contribution in [0.2, 0.25) is 0 Å². The molecule has 0 aliphatic carbocycles. The fourth-order valence-corrected chi connectivity index (χ4v) is 2.72. The van der Waals surface area contributed by atoms with Crippen LogP contribution < -0.4 is 5.32 Å². The van der Waals surface area contributed by atoms with Crippen molar-refractivity contribution in [3.8, 4) is 0 Å². The van der Waals surface area contributed by atoms with Gasteiger partial charge in [-0.3, -0.25) is 0 Å². The van der Waals surface area contributed by atoms with E-state index in [-0.39, 0.29) is 0 Å². The number of hydrogen-bond acceptors (Lipinski definition) is 3. The average Bonchev–Trinajstić information content (AvgIpc) is 2.64. The van der Waals surface area contributed by atoms with Crippen molar-refractivity contribution in [2.24, 2.45) is 5.41 Å². The molecule has 3 heteroatoms. The third-order valence-electron chi connectivity index (χ3n) is 3.03. The zero-order valence-electron chi connectivity index (χ0n) is 11.7. The molecule has 0 aliphatic rings. The second kappa shape index (κ2) is 7.12. The SMILES string of the molecule is CCCCCC(C)(C)CNCc1cnc(C)s1. The van der Waals surface area contributed by atoms with E-state index < -0.39 is 0 Å². The highest BCUT2D eigenvalue weighted by Gasteiger charge is 2.16. The minimum Gasteiger partial charge on any atom is -0.311 e. The van der Waals surface area contributed by atoms with Crippen LogP contribution in [0.1, 0.15) is 56.3 Å². The summed E-state index contributed by atoms with van der Waals surface area (Å²) in [5, 5.41) is 4.71. The highest BCUT2D eigenvalue weighted by molar-refractivity contribution is 7.11. The van der Waals surface area contributed by atoms with Gasteiger partial charge < -0.3 is 5.32 Å². The van der Waals surface area contributed by atoms with Gasteiger partial charge in [0, 0.05) is 24.2 Å². The molecule has 0 aromatic carbocycles. The van der Waals surface area contributed by atoms with Crippen LogP contribution in [0.25, 0.3) is 0 Å². The quantitative estimate of drug-likeness (QED) is 0.705. The van der Waals surface area contributed by atoms with Gasteiger partial charge in [-0.2, -0.15) is 0 Å². The molecule has 2 nitrogen and oxygen atoms in total. The van der Waals surface area contributed by atoms with Crippen molar-refractivity contribution in [3.05, 3.63) is 16.1 Å². The second-order valence-corrected chi connectivity index (χ2v) is 6.89. The van der Waals surface area contributed by atoms with Gasteiger partial charge in [-0.1, -0.05) is 40.0 Å². The number of nitrogens with zero attached hydrogens (tertiary/aromatic N) is 1. The summed E-state index contributed by atoms with van der Waals surface area (Å²) in [5.41, 5.74) is 0.412. The van der Waals surface area contributed by atoms with Crippen molar-refractivity contribution in [1.29, 1.82) is 0 Å². The van der Waals surface area contributed by atoms with E-state index >= 15 is 0 Å². The summed E-state index contributed by atoms with van der Waals surface area (Å²) in [4.78, 5) is 5.61. The first-order chi connectivity index (χ1) is 8.03. The minimum atomic E-state index is 0.412. The van der Waals surface area contributed by atoms with Gasteiger partial charge >= 0.3 is 0 Å². The molecule has 1 heterocycles. The molecule has 98 valence electrons. The minimum absolute atomic E-state index is 0.412. The Balaban J connectivity index is 2.20. The molecule has 0 fully saturated rings. The van der Waals surface area contributed by atoms with Crippen LogP contribution in [0.3, 0.4) is 0 Å². The molecule has 0 aliphatic heterocycles. The topological polar surface area (TPSA) is 24.9 Å². The smallest absolute Gasteiger partial charge is 0.0897 e. The van der Waals surface area contributed by atoms with Gasteiger partial charge in [0.1, 0.15) is 0 Å². The first kappa shape index (κ1) is 14.7. The highest BCUT2D eigenvalue weighted by atomic mass is 32.1. The van der Waals surface area contributed by atoms with Crippen LogP contribution in [0.15, 0.2) is 6.20 Å². The normalized spacial score (nSPS) is 12.0. The number of aromatic nitrogens is 1. The van der Waals surface area contributed by atoms with Gasteiger partial charge in [0.15, 0.2) is 0 Å². The van der Waals surface area contributed by atoms with Crippen LogP contribution in [-0.4, -0.2) is 11.5 Å². The molecule has 1 rings (SSSR count). The Morgan fingerprint density at radius 3 is 2.71 bits per heavy atom. The van der Waals surface area contributed by atoms with Crippen LogP contribution in [-0.2, 0) is 6.54 Å². The van der Waals surface area contributed by atoms with E-state index in [1.165, 1.54) is 30.6 Å². The van der Waals surface area contributed by atoms with Crippen LogP contribution in [0.4, 0.5) is 0 Å². The van der Waals surface area contributed by atoms with Crippen molar-refractivity contribution in [2.75, 3.05) is 6.54 Å². The predicted octanol–water partition coefficient (Wildman–Crippen LogP) is 4.15. The number of nitrogens with one attached hydrogen (secondary N) is 1. The van der Waals surface area contributed by atoms with Gasteiger partial charge in [-0.05, 0) is 18.8 Å². The third-order valence-corrected chi connectivity index (χ3v) is 3.94. The van der Waals surface area contributed by atoms with E-state index in [2.05, 4.69) is 38.0 Å². The summed E-state index contributed by atoms with van der Waals surface area (Å²) in [6.07, 6.45) is 7.32. The summed E-state index contributed by atoms with van der Waals surface area (Å²) in [6, 6.07) is 0. The van der Waals surface area contributed by atoms with Crippen molar-refractivity contribution in [2.45, 2.75) is 59.9 Å². The van der Waals surface area contributed by atoms with Crippen molar-refractivity contribution < 1.29 is 0 Å². The number of aryl methyl sites for hydroxylation is 1. The monoisotopic (exact) mass is 254 g/mol. The van der Waals surface area contributed by atoms with Crippen molar-refractivity contribution in [1.82, 2.24) is 10.3 Å². The lowest BCUT2D eigenvalue weighted by molar-refractivity contribution is 0.302. The molecular formula is C14H26N2S. The van der Waals surface area contributed by atoms with Crippen molar-refractivity contribution in [3.63, 3.8) is 0 Å². The summed E-state index contributed by atoms with van der Waals surface area (Å²) in [6.45, 7) is 11.1. The van der Waals surface area contributed by atoms with E-state index in [9.17, 15) is 0 Å². The van der Waals surface area contributed by atoms with Gasteiger partial charge in [0.05, 0.1) is 5.01 Å². The largest absolute Gasteiger partial charge is 0.311 e. The fourth-order valence-electron chi connectivity index (χ4n) is 1.95. The molecule has 1 aromatic heterocycles. The average molecular weight is 254 g/mol. The Hall–Kier alpha value is -0.410. The maximum Gasteiger partial charge on any atom is 0.0897 e. The molecular weight excluding hydrogens is 228 g/mol. The van der Waals surface area contributed by atoms with Gasteiger partial charge in [-0.25, -0.2) is 4.98 Å². The first-order valence-corrected chi connectivity index (χ1v) is 7.47. The second-order valence-electron chi connectivity index (χ2n) is 5.57. The van der Waals surface area contributed by atoms with Gasteiger partial charge in [-0.15, -0.1) is 11.3 Å². The Morgan fingerprint density at radius 1 is 1.35 bits per heavy atom. The number of unbranched alkanes of at least 4 members (excludes halogenated alkanes) is 2.